The molecule has 1 fully saturated rings. The largest absolute Gasteiger partial charge is 0.355 e. The summed E-state index contributed by atoms with van der Waals surface area (Å²) in [5, 5.41) is 3.42. The number of fused-ring (bicyclic) bond motifs is 1. The van der Waals surface area contributed by atoms with Crippen molar-refractivity contribution in [3.05, 3.63) is 16.8 Å². The standard InChI is InChI=1S/C17H23N3OS/c1-10(2)7-13-9-22-17-15(13)16(18-12(4)19-17)20-6-5-14(21)11(3)8-20/h9-11H,5-8H2,1-4H3. The Kier molecular flexibility index (Phi) is 4.17. The quantitative estimate of drug-likeness (QED) is 0.867. The van der Waals surface area contributed by atoms with Crippen molar-refractivity contribution >= 4 is 33.2 Å². The third kappa shape index (κ3) is 2.86. The fourth-order valence-corrected chi connectivity index (χ4v) is 4.10. The molecular formula is C17H23N3OS. The van der Waals surface area contributed by atoms with E-state index in [-0.39, 0.29) is 5.92 Å². The van der Waals surface area contributed by atoms with Crippen LogP contribution in [0.2, 0.25) is 0 Å². The Morgan fingerprint density at radius 1 is 1.41 bits per heavy atom. The summed E-state index contributed by atoms with van der Waals surface area (Å²) in [6, 6.07) is 0. The van der Waals surface area contributed by atoms with Crippen molar-refractivity contribution in [2.75, 3.05) is 18.0 Å². The fourth-order valence-electron chi connectivity index (χ4n) is 3.11. The van der Waals surface area contributed by atoms with Crippen molar-refractivity contribution in [2.45, 2.75) is 40.5 Å². The van der Waals surface area contributed by atoms with E-state index >= 15 is 0 Å². The Morgan fingerprint density at radius 3 is 2.86 bits per heavy atom. The van der Waals surface area contributed by atoms with Gasteiger partial charge in [0, 0.05) is 25.4 Å². The number of thiophene rings is 1. The van der Waals surface area contributed by atoms with Crippen molar-refractivity contribution in [1.29, 1.82) is 0 Å². The number of carbonyl (C=O) groups is 1. The monoisotopic (exact) mass is 317 g/mol. The summed E-state index contributed by atoms with van der Waals surface area (Å²) in [7, 11) is 0. The van der Waals surface area contributed by atoms with Crippen molar-refractivity contribution in [2.24, 2.45) is 11.8 Å². The molecule has 1 atom stereocenters. The first-order valence-electron chi connectivity index (χ1n) is 7.98. The lowest BCUT2D eigenvalue weighted by Crippen LogP contribution is -2.40. The fraction of sp³-hybridized carbons (Fsp3) is 0.588. The van der Waals surface area contributed by atoms with E-state index in [9.17, 15) is 4.79 Å². The molecule has 0 saturated carbocycles. The molecule has 1 unspecified atom stereocenters. The number of carbonyl (C=O) groups excluding carboxylic acids is 1. The van der Waals surface area contributed by atoms with Crippen LogP contribution >= 0.6 is 11.3 Å². The minimum Gasteiger partial charge on any atom is -0.355 e. The summed E-state index contributed by atoms with van der Waals surface area (Å²) in [6.45, 7) is 9.97. The number of nitrogens with zero attached hydrogens (tertiary/aromatic N) is 3. The average molecular weight is 317 g/mol. The van der Waals surface area contributed by atoms with E-state index in [0.717, 1.165) is 36.0 Å². The number of aromatic nitrogens is 2. The molecule has 118 valence electrons. The zero-order chi connectivity index (χ0) is 15.9. The second-order valence-corrected chi connectivity index (χ2v) is 7.55. The molecule has 22 heavy (non-hydrogen) atoms. The Hall–Kier alpha value is -1.49. The molecule has 1 saturated heterocycles. The van der Waals surface area contributed by atoms with Gasteiger partial charge in [0.2, 0.25) is 0 Å². The van der Waals surface area contributed by atoms with Crippen LogP contribution < -0.4 is 4.90 Å². The van der Waals surface area contributed by atoms with E-state index < -0.39 is 0 Å². The summed E-state index contributed by atoms with van der Waals surface area (Å²) >= 11 is 1.70. The molecule has 2 aromatic rings. The second-order valence-electron chi connectivity index (χ2n) is 6.70. The summed E-state index contributed by atoms with van der Waals surface area (Å²) in [6.07, 6.45) is 1.66. The Morgan fingerprint density at radius 2 is 2.18 bits per heavy atom. The molecule has 0 radical (unpaired) electrons. The van der Waals surface area contributed by atoms with Crippen molar-refractivity contribution in [3.63, 3.8) is 0 Å². The van der Waals surface area contributed by atoms with Gasteiger partial charge in [-0.1, -0.05) is 20.8 Å². The molecule has 3 heterocycles. The molecule has 0 amide bonds. The maximum Gasteiger partial charge on any atom is 0.141 e. The van der Waals surface area contributed by atoms with Gasteiger partial charge in [0.15, 0.2) is 0 Å². The Balaban J connectivity index is 2.07. The van der Waals surface area contributed by atoms with Crippen molar-refractivity contribution in [3.8, 4) is 0 Å². The molecule has 0 aliphatic carbocycles. The number of piperidine rings is 1. The Labute approximate surface area is 135 Å². The van der Waals surface area contributed by atoms with Crippen LogP contribution in [0.1, 0.15) is 38.6 Å². The number of Topliss-reactive ketones (excluding diaryl/α,β-unsaturated/α-hetero) is 1. The number of rotatable bonds is 3. The normalized spacial score (nSPS) is 19.4. The van der Waals surface area contributed by atoms with E-state index in [2.05, 4.69) is 29.1 Å². The molecule has 1 aliphatic heterocycles. The number of hydrogen-bond donors (Lipinski definition) is 0. The van der Waals surface area contributed by atoms with Crippen LogP contribution in [0.4, 0.5) is 5.82 Å². The molecular weight excluding hydrogens is 294 g/mol. The maximum absolute atomic E-state index is 11.8. The van der Waals surface area contributed by atoms with Crippen LogP contribution in [0.3, 0.4) is 0 Å². The van der Waals surface area contributed by atoms with Gasteiger partial charge in [-0.25, -0.2) is 9.97 Å². The minimum absolute atomic E-state index is 0.0891. The highest BCUT2D eigenvalue weighted by atomic mass is 32.1. The second kappa shape index (κ2) is 5.95. The van der Waals surface area contributed by atoms with E-state index in [1.807, 2.05) is 13.8 Å². The van der Waals surface area contributed by atoms with Gasteiger partial charge in [-0.3, -0.25) is 4.79 Å². The number of ketones is 1. The molecule has 1 aliphatic rings. The SMILES string of the molecule is Cc1nc(N2CCC(=O)C(C)C2)c2c(CC(C)C)csc2n1. The molecule has 0 spiro atoms. The highest BCUT2D eigenvalue weighted by molar-refractivity contribution is 7.17. The zero-order valence-electron chi connectivity index (χ0n) is 13.7. The first kappa shape index (κ1) is 15.4. The van der Waals surface area contributed by atoms with Crippen LogP contribution in [0.25, 0.3) is 10.2 Å². The van der Waals surface area contributed by atoms with Crippen LogP contribution in [-0.2, 0) is 11.2 Å². The van der Waals surface area contributed by atoms with Gasteiger partial charge in [-0.2, -0.15) is 0 Å². The maximum atomic E-state index is 11.8. The predicted octanol–water partition coefficient (Wildman–Crippen LogP) is 3.61. The molecule has 0 N–H and O–H groups in total. The van der Waals surface area contributed by atoms with Gasteiger partial charge < -0.3 is 4.90 Å². The highest BCUT2D eigenvalue weighted by Crippen LogP contribution is 2.34. The topological polar surface area (TPSA) is 46.1 Å². The summed E-state index contributed by atoms with van der Waals surface area (Å²) in [5.41, 5.74) is 1.34. The van der Waals surface area contributed by atoms with Crippen molar-refractivity contribution < 1.29 is 4.79 Å². The lowest BCUT2D eigenvalue weighted by Gasteiger charge is -2.31. The van der Waals surface area contributed by atoms with Gasteiger partial charge in [-0.05, 0) is 30.2 Å². The smallest absolute Gasteiger partial charge is 0.141 e. The number of hydrogen-bond acceptors (Lipinski definition) is 5. The molecule has 4 nitrogen and oxygen atoms in total. The zero-order valence-corrected chi connectivity index (χ0v) is 14.5. The van der Waals surface area contributed by atoms with E-state index in [1.165, 1.54) is 10.9 Å². The molecule has 0 bridgehead atoms. The molecule has 3 rings (SSSR count). The average Bonchev–Trinajstić information content (AvgIpc) is 2.83. The van der Waals surface area contributed by atoms with E-state index in [1.54, 1.807) is 11.3 Å². The third-order valence-electron chi connectivity index (χ3n) is 4.20. The molecule has 5 heteroatoms. The Bertz CT molecular complexity index is 707. The van der Waals surface area contributed by atoms with E-state index in [0.29, 0.717) is 18.1 Å². The molecule has 0 aromatic carbocycles. The van der Waals surface area contributed by atoms with Crippen molar-refractivity contribution in [1.82, 2.24) is 9.97 Å². The lowest BCUT2D eigenvalue weighted by atomic mass is 9.97. The highest BCUT2D eigenvalue weighted by Gasteiger charge is 2.27. The summed E-state index contributed by atoms with van der Waals surface area (Å²) < 4.78 is 0. The first-order chi connectivity index (χ1) is 10.5. The first-order valence-corrected chi connectivity index (χ1v) is 8.86. The van der Waals surface area contributed by atoms with Gasteiger partial charge in [0.05, 0.1) is 5.39 Å². The number of anilines is 1. The lowest BCUT2D eigenvalue weighted by molar-refractivity contribution is -0.122. The minimum atomic E-state index is 0.0891. The van der Waals surface area contributed by atoms with Crippen LogP contribution in [-0.4, -0.2) is 28.8 Å². The van der Waals surface area contributed by atoms with Gasteiger partial charge in [-0.15, -0.1) is 11.3 Å². The third-order valence-corrected chi connectivity index (χ3v) is 5.12. The van der Waals surface area contributed by atoms with Gasteiger partial charge in [0.1, 0.15) is 22.3 Å². The van der Waals surface area contributed by atoms with Gasteiger partial charge >= 0.3 is 0 Å². The van der Waals surface area contributed by atoms with Crippen LogP contribution in [0, 0.1) is 18.8 Å². The van der Waals surface area contributed by atoms with Crippen LogP contribution in [0.15, 0.2) is 5.38 Å². The van der Waals surface area contributed by atoms with Crippen LogP contribution in [0.5, 0.6) is 0 Å². The van der Waals surface area contributed by atoms with E-state index in [4.69, 9.17) is 4.98 Å². The summed E-state index contributed by atoms with van der Waals surface area (Å²) in [5.74, 6) is 2.90. The number of aryl methyl sites for hydroxylation is 1. The summed E-state index contributed by atoms with van der Waals surface area (Å²) in [4.78, 5) is 24.5. The predicted molar refractivity (Wildman–Crippen MR) is 91.7 cm³/mol. The van der Waals surface area contributed by atoms with Gasteiger partial charge in [0.25, 0.3) is 0 Å². The molecule has 2 aromatic heterocycles.